The highest BCUT2D eigenvalue weighted by Gasteiger charge is 2.26. The van der Waals surface area contributed by atoms with E-state index in [1.165, 1.54) is 5.56 Å². The van der Waals surface area contributed by atoms with Crippen molar-refractivity contribution < 1.29 is 4.79 Å². The molecule has 1 aliphatic heterocycles. The van der Waals surface area contributed by atoms with E-state index < -0.39 is 6.04 Å². The van der Waals surface area contributed by atoms with Crippen LogP contribution in [-0.2, 0) is 11.2 Å². The van der Waals surface area contributed by atoms with Crippen molar-refractivity contribution in [3.8, 4) is 0 Å². The maximum atomic E-state index is 11.8. The largest absolute Gasteiger partial charge is 0.320 e. The molecule has 0 bridgehead atoms. The first-order valence-corrected chi connectivity index (χ1v) is 5.74. The Kier molecular flexibility index (Phi) is 2.80. The Hall–Kier alpha value is -0.870. The monoisotopic (exact) mass is 268 g/mol. The fourth-order valence-corrected chi connectivity index (χ4v) is 2.25. The third kappa shape index (κ3) is 1.92. The summed E-state index contributed by atoms with van der Waals surface area (Å²) in [6.07, 6.45) is 0.910. The molecule has 15 heavy (non-hydrogen) atoms. The molecule has 1 aromatic carbocycles. The average molecular weight is 269 g/mol. The van der Waals surface area contributed by atoms with Gasteiger partial charge >= 0.3 is 0 Å². The van der Waals surface area contributed by atoms with Gasteiger partial charge < -0.3 is 10.6 Å². The molecule has 1 atom stereocenters. The lowest BCUT2D eigenvalue weighted by Gasteiger charge is -2.19. The fraction of sp³-hybridized carbons (Fsp3) is 0.364. The molecule has 0 spiro atoms. The number of benzene rings is 1. The van der Waals surface area contributed by atoms with E-state index in [-0.39, 0.29) is 5.91 Å². The van der Waals surface area contributed by atoms with Crippen LogP contribution >= 0.6 is 15.9 Å². The molecule has 2 rings (SSSR count). The second-order valence-corrected chi connectivity index (χ2v) is 4.72. The van der Waals surface area contributed by atoms with Crippen molar-refractivity contribution in [2.75, 3.05) is 11.4 Å². The van der Waals surface area contributed by atoms with Crippen molar-refractivity contribution in [3.05, 3.63) is 28.2 Å². The molecule has 0 radical (unpaired) electrons. The molecule has 80 valence electrons. The Balaban J connectivity index is 2.33. The molecule has 2 N–H and O–H groups in total. The molecule has 0 saturated carbocycles. The molecule has 0 saturated heterocycles. The standard InChI is InChI=1S/C11H13BrN2O/c1-7(13)11(15)14-5-4-8-6-9(12)2-3-10(8)14/h2-3,6-7H,4-5,13H2,1H3/t7-/m1/s1. The number of nitrogens with two attached hydrogens (primary N) is 1. The van der Waals surface area contributed by atoms with Crippen molar-refractivity contribution in [2.24, 2.45) is 5.73 Å². The Labute approximate surface area is 97.4 Å². The van der Waals surface area contributed by atoms with E-state index in [1.807, 2.05) is 12.1 Å². The zero-order valence-corrected chi connectivity index (χ0v) is 10.1. The van der Waals surface area contributed by atoms with Gasteiger partial charge in [0.25, 0.3) is 0 Å². The SMILES string of the molecule is C[C@@H](N)C(=O)N1CCc2cc(Br)ccc21. The Morgan fingerprint density at radius 3 is 3.00 bits per heavy atom. The van der Waals surface area contributed by atoms with Gasteiger partial charge in [-0.15, -0.1) is 0 Å². The van der Waals surface area contributed by atoms with E-state index >= 15 is 0 Å². The molecule has 1 amide bonds. The van der Waals surface area contributed by atoms with Crippen LogP contribution in [0.3, 0.4) is 0 Å². The van der Waals surface area contributed by atoms with E-state index in [0.717, 1.165) is 23.1 Å². The van der Waals surface area contributed by atoms with Gasteiger partial charge in [0.15, 0.2) is 0 Å². The Morgan fingerprint density at radius 2 is 2.33 bits per heavy atom. The number of amides is 1. The molecule has 0 aliphatic carbocycles. The van der Waals surface area contributed by atoms with E-state index in [0.29, 0.717) is 0 Å². The molecular formula is C11H13BrN2O. The van der Waals surface area contributed by atoms with Gasteiger partial charge in [-0.1, -0.05) is 15.9 Å². The van der Waals surface area contributed by atoms with Crippen LogP contribution in [0.4, 0.5) is 5.69 Å². The average Bonchev–Trinajstić information content (AvgIpc) is 2.59. The predicted octanol–water partition coefficient (Wildman–Crippen LogP) is 1.69. The minimum absolute atomic E-state index is 0.00364. The van der Waals surface area contributed by atoms with Crippen LogP contribution in [0, 0.1) is 0 Å². The Bertz CT molecular complexity index is 404. The molecule has 3 nitrogen and oxygen atoms in total. The predicted molar refractivity (Wildman–Crippen MR) is 63.8 cm³/mol. The summed E-state index contributed by atoms with van der Waals surface area (Å²) in [7, 11) is 0. The van der Waals surface area contributed by atoms with E-state index in [1.54, 1.807) is 11.8 Å². The van der Waals surface area contributed by atoms with Gasteiger partial charge in [0.05, 0.1) is 6.04 Å². The smallest absolute Gasteiger partial charge is 0.243 e. The van der Waals surface area contributed by atoms with Crippen molar-refractivity contribution >= 4 is 27.5 Å². The summed E-state index contributed by atoms with van der Waals surface area (Å²) >= 11 is 3.42. The molecule has 1 heterocycles. The second kappa shape index (κ2) is 3.94. The zero-order valence-electron chi connectivity index (χ0n) is 8.53. The maximum Gasteiger partial charge on any atom is 0.243 e. The van der Waals surface area contributed by atoms with Crippen LogP contribution in [-0.4, -0.2) is 18.5 Å². The summed E-state index contributed by atoms with van der Waals surface area (Å²) in [5.41, 5.74) is 7.81. The first kappa shape index (κ1) is 10.6. The molecule has 0 fully saturated rings. The normalized spacial score (nSPS) is 16.3. The van der Waals surface area contributed by atoms with Crippen LogP contribution in [0.2, 0.25) is 0 Å². The highest BCUT2D eigenvalue weighted by molar-refractivity contribution is 9.10. The molecule has 0 unspecified atom stereocenters. The van der Waals surface area contributed by atoms with E-state index in [9.17, 15) is 4.79 Å². The van der Waals surface area contributed by atoms with Crippen LogP contribution < -0.4 is 10.6 Å². The topological polar surface area (TPSA) is 46.3 Å². The Morgan fingerprint density at radius 1 is 1.60 bits per heavy atom. The third-order valence-corrected chi connectivity index (χ3v) is 3.09. The highest BCUT2D eigenvalue weighted by atomic mass is 79.9. The number of carbonyl (C=O) groups excluding carboxylic acids is 1. The summed E-state index contributed by atoms with van der Waals surface area (Å²) in [5.74, 6) is -0.00364. The molecule has 0 aromatic heterocycles. The maximum absolute atomic E-state index is 11.8. The minimum Gasteiger partial charge on any atom is -0.320 e. The summed E-state index contributed by atoms with van der Waals surface area (Å²) in [6.45, 7) is 2.46. The molecule has 4 heteroatoms. The third-order valence-electron chi connectivity index (χ3n) is 2.59. The first-order valence-electron chi connectivity index (χ1n) is 4.95. The number of rotatable bonds is 1. The number of hydrogen-bond donors (Lipinski definition) is 1. The first-order chi connectivity index (χ1) is 7.09. The second-order valence-electron chi connectivity index (χ2n) is 3.80. The van der Waals surface area contributed by atoms with Crippen LogP contribution in [0.25, 0.3) is 0 Å². The summed E-state index contributed by atoms with van der Waals surface area (Å²) in [4.78, 5) is 13.6. The van der Waals surface area contributed by atoms with E-state index in [4.69, 9.17) is 5.73 Å². The van der Waals surface area contributed by atoms with Crippen LogP contribution in [0.1, 0.15) is 12.5 Å². The van der Waals surface area contributed by atoms with Gasteiger partial charge in [-0.3, -0.25) is 4.79 Å². The number of nitrogens with zero attached hydrogens (tertiary/aromatic N) is 1. The number of anilines is 1. The summed E-state index contributed by atoms with van der Waals surface area (Å²) in [6, 6.07) is 5.54. The van der Waals surface area contributed by atoms with Crippen molar-refractivity contribution in [1.29, 1.82) is 0 Å². The van der Waals surface area contributed by atoms with Crippen molar-refractivity contribution in [3.63, 3.8) is 0 Å². The van der Waals surface area contributed by atoms with Gasteiger partial charge in [0, 0.05) is 16.7 Å². The number of carbonyl (C=O) groups is 1. The highest BCUT2D eigenvalue weighted by Crippen LogP contribution is 2.30. The quantitative estimate of drug-likeness (QED) is 0.843. The lowest BCUT2D eigenvalue weighted by Crippen LogP contribution is -2.41. The number of fused-ring (bicyclic) bond motifs is 1. The zero-order chi connectivity index (χ0) is 11.0. The summed E-state index contributed by atoms with van der Waals surface area (Å²) < 4.78 is 1.05. The lowest BCUT2D eigenvalue weighted by molar-refractivity contribution is -0.119. The molecule has 1 aliphatic rings. The van der Waals surface area contributed by atoms with Crippen molar-refractivity contribution in [1.82, 2.24) is 0 Å². The number of halogens is 1. The van der Waals surface area contributed by atoms with Crippen LogP contribution in [0.5, 0.6) is 0 Å². The molecule has 1 aromatic rings. The van der Waals surface area contributed by atoms with Gasteiger partial charge in [0.1, 0.15) is 0 Å². The minimum atomic E-state index is -0.431. The van der Waals surface area contributed by atoms with Gasteiger partial charge in [-0.05, 0) is 37.1 Å². The van der Waals surface area contributed by atoms with Gasteiger partial charge in [-0.25, -0.2) is 0 Å². The lowest BCUT2D eigenvalue weighted by atomic mass is 10.2. The van der Waals surface area contributed by atoms with Gasteiger partial charge in [-0.2, -0.15) is 0 Å². The van der Waals surface area contributed by atoms with E-state index in [2.05, 4.69) is 22.0 Å². The fourth-order valence-electron chi connectivity index (χ4n) is 1.85. The number of hydrogen-bond acceptors (Lipinski definition) is 2. The van der Waals surface area contributed by atoms with Crippen molar-refractivity contribution in [2.45, 2.75) is 19.4 Å². The van der Waals surface area contributed by atoms with Gasteiger partial charge in [0.2, 0.25) is 5.91 Å². The summed E-state index contributed by atoms with van der Waals surface area (Å²) in [5, 5.41) is 0. The van der Waals surface area contributed by atoms with Crippen LogP contribution in [0.15, 0.2) is 22.7 Å². The molecular weight excluding hydrogens is 256 g/mol.